The third-order valence-electron chi connectivity index (χ3n) is 4.88. The Hall–Kier alpha value is -2.24. The molecule has 1 aromatic heterocycles. The number of benzene rings is 2. The number of likely N-dealkylation sites (tertiary alicyclic amines) is 1. The van der Waals surface area contributed by atoms with Crippen LogP contribution in [0.5, 0.6) is 0 Å². The lowest BCUT2D eigenvalue weighted by Crippen LogP contribution is -2.31. The van der Waals surface area contributed by atoms with Crippen LogP contribution in [0.2, 0.25) is 0 Å². The normalized spacial score (nSPS) is 22.0. The van der Waals surface area contributed by atoms with E-state index in [2.05, 4.69) is 63.6 Å². The number of aliphatic hydroxyl groups is 1. The first kappa shape index (κ1) is 14.4. The summed E-state index contributed by atoms with van der Waals surface area (Å²) < 4.78 is 0. The zero-order chi connectivity index (χ0) is 15.9. The molecule has 0 bridgehead atoms. The van der Waals surface area contributed by atoms with Crippen LogP contribution in [0.25, 0.3) is 10.8 Å². The molecule has 0 unspecified atom stereocenters. The molecule has 23 heavy (non-hydrogen) atoms. The lowest BCUT2D eigenvalue weighted by molar-refractivity contribution is 0.0409. The third-order valence-corrected chi connectivity index (χ3v) is 4.88. The van der Waals surface area contributed by atoms with Gasteiger partial charge in [-0.25, -0.2) is 0 Å². The zero-order valence-electron chi connectivity index (χ0n) is 13.2. The Morgan fingerprint density at radius 1 is 1.26 bits per heavy atom. The van der Waals surface area contributed by atoms with E-state index in [-0.39, 0.29) is 0 Å². The van der Waals surface area contributed by atoms with E-state index in [9.17, 15) is 5.11 Å². The summed E-state index contributed by atoms with van der Waals surface area (Å²) in [6, 6.07) is 12.8. The second-order valence-corrected chi connectivity index (χ2v) is 6.43. The summed E-state index contributed by atoms with van der Waals surface area (Å²) in [7, 11) is 0. The van der Waals surface area contributed by atoms with Crippen molar-refractivity contribution < 1.29 is 5.11 Å². The number of β-amino-alcohol motifs (C(OH)–C–C–N with tert-alkyl or cyclic N) is 1. The molecular formula is C18H20N4O. The summed E-state index contributed by atoms with van der Waals surface area (Å²) >= 11 is 0. The maximum atomic E-state index is 10.8. The quantitative estimate of drug-likeness (QED) is 0.779. The molecule has 118 valence electrons. The summed E-state index contributed by atoms with van der Waals surface area (Å²) in [5, 5.41) is 23.9. The van der Waals surface area contributed by atoms with Gasteiger partial charge in [0.2, 0.25) is 0 Å². The minimum absolute atomic E-state index is 0.586. The molecule has 4 rings (SSSR count). The number of nitrogens with one attached hydrogen (secondary N) is 1. The summed E-state index contributed by atoms with van der Waals surface area (Å²) in [6.07, 6.45) is 2.30. The maximum absolute atomic E-state index is 10.8. The van der Waals surface area contributed by atoms with Crippen LogP contribution < -0.4 is 0 Å². The molecule has 3 aromatic rings. The van der Waals surface area contributed by atoms with Gasteiger partial charge in [0, 0.05) is 19.6 Å². The van der Waals surface area contributed by atoms with Crippen LogP contribution in [0.15, 0.2) is 42.6 Å². The van der Waals surface area contributed by atoms with Crippen molar-refractivity contribution in [2.45, 2.75) is 25.5 Å². The van der Waals surface area contributed by atoms with E-state index in [4.69, 9.17) is 0 Å². The molecule has 2 N–H and O–H groups in total. The second kappa shape index (κ2) is 5.44. The van der Waals surface area contributed by atoms with Gasteiger partial charge in [-0.3, -0.25) is 4.90 Å². The van der Waals surface area contributed by atoms with Crippen molar-refractivity contribution in [3.8, 4) is 0 Å². The van der Waals surface area contributed by atoms with Crippen LogP contribution in [0.1, 0.15) is 23.2 Å². The number of H-pyrrole nitrogens is 1. The van der Waals surface area contributed by atoms with Crippen molar-refractivity contribution in [3.63, 3.8) is 0 Å². The van der Waals surface area contributed by atoms with Gasteiger partial charge in [0.05, 0.1) is 6.20 Å². The van der Waals surface area contributed by atoms with E-state index in [1.165, 1.54) is 21.9 Å². The topological polar surface area (TPSA) is 65.0 Å². The fourth-order valence-electron chi connectivity index (χ4n) is 3.52. The summed E-state index contributed by atoms with van der Waals surface area (Å²) in [5.74, 6) is 0. The van der Waals surface area contributed by atoms with Gasteiger partial charge in [0.1, 0.15) is 11.3 Å². The molecule has 5 heteroatoms. The van der Waals surface area contributed by atoms with E-state index in [0.29, 0.717) is 18.7 Å². The van der Waals surface area contributed by atoms with Gasteiger partial charge in [-0.05, 0) is 35.2 Å². The summed E-state index contributed by atoms with van der Waals surface area (Å²) in [5.41, 5.74) is 2.37. The molecule has 1 aliphatic heterocycles. The number of nitrogens with zero attached hydrogens (tertiary/aromatic N) is 3. The van der Waals surface area contributed by atoms with Gasteiger partial charge in [0.15, 0.2) is 0 Å². The monoisotopic (exact) mass is 308 g/mol. The van der Waals surface area contributed by atoms with E-state index in [0.717, 1.165) is 13.1 Å². The van der Waals surface area contributed by atoms with E-state index in [1.807, 2.05) is 0 Å². The third kappa shape index (κ3) is 2.52. The zero-order valence-corrected chi connectivity index (χ0v) is 13.2. The number of hydrogen-bond acceptors (Lipinski definition) is 4. The number of fused-ring (bicyclic) bond motifs is 1. The first-order chi connectivity index (χ1) is 11.2. The number of aryl methyl sites for hydroxylation is 1. The average Bonchev–Trinajstić information content (AvgIpc) is 3.21. The van der Waals surface area contributed by atoms with Gasteiger partial charge >= 0.3 is 0 Å². The average molecular weight is 308 g/mol. The molecule has 1 atom stereocenters. The molecule has 0 saturated carbocycles. The van der Waals surface area contributed by atoms with E-state index < -0.39 is 5.60 Å². The Morgan fingerprint density at radius 2 is 2.13 bits per heavy atom. The lowest BCUT2D eigenvalue weighted by Gasteiger charge is -2.22. The van der Waals surface area contributed by atoms with Crippen molar-refractivity contribution in [2.24, 2.45) is 0 Å². The highest BCUT2D eigenvalue weighted by Gasteiger charge is 2.39. The first-order valence-corrected chi connectivity index (χ1v) is 7.94. The molecule has 5 nitrogen and oxygen atoms in total. The number of aromatic nitrogens is 3. The van der Waals surface area contributed by atoms with Gasteiger partial charge in [-0.15, -0.1) is 0 Å². The Labute approximate surface area is 134 Å². The van der Waals surface area contributed by atoms with Crippen LogP contribution in [0.3, 0.4) is 0 Å². The maximum Gasteiger partial charge on any atom is 0.124 e. The molecule has 1 aliphatic rings. The van der Waals surface area contributed by atoms with Crippen molar-refractivity contribution in [3.05, 3.63) is 59.4 Å². The molecule has 1 saturated heterocycles. The Balaban J connectivity index is 1.61. The predicted octanol–water partition coefficient (Wildman–Crippen LogP) is 2.36. The molecule has 1 fully saturated rings. The molecule has 0 aliphatic carbocycles. The fraction of sp³-hybridized carbons (Fsp3) is 0.333. The molecule has 0 spiro atoms. The van der Waals surface area contributed by atoms with E-state index in [1.54, 1.807) is 6.20 Å². The van der Waals surface area contributed by atoms with Gasteiger partial charge < -0.3 is 5.11 Å². The minimum Gasteiger partial charge on any atom is -0.382 e. The van der Waals surface area contributed by atoms with Crippen molar-refractivity contribution in [1.82, 2.24) is 20.3 Å². The number of aromatic amines is 1. The molecule has 2 aromatic carbocycles. The van der Waals surface area contributed by atoms with Crippen LogP contribution >= 0.6 is 0 Å². The minimum atomic E-state index is -0.897. The number of rotatable bonds is 3. The Kier molecular flexibility index (Phi) is 3.39. The van der Waals surface area contributed by atoms with Gasteiger partial charge in [0.25, 0.3) is 0 Å². The van der Waals surface area contributed by atoms with Gasteiger partial charge in [-0.1, -0.05) is 36.4 Å². The summed E-state index contributed by atoms with van der Waals surface area (Å²) in [4.78, 5) is 2.30. The van der Waals surface area contributed by atoms with Crippen molar-refractivity contribution >= 4 is 10.8 Å². The Bertz CT molecular complexity index is 830. The predicted molar refractivity (Wildman–Crippen MR) is 88.9 cm³/mol. The van der Waals surface area contributed by atoms with Crippen LogP contribution in [-0.2, 0) is 12.1 Å². The Morgan fingerprint density at radius 3 is 2.96 bits per heavy atom. The molecule has 0 radical (unpaired) electrons. The molecule has 0 amide bonds. The summed E-state index contributed by atoms with van der Waals surface area (Å²) in [6.45, 7) is 4.43. The van der Waals surface area contributed by atoms with Crippen molar-refractivity contribution in [1.29, 1.82) is 0 Å². The number of hydrogen-bond donors (Lipinski definition) is 2. The van der Waals surface area contributed by atoms with Crippen LogP contribution in [0, 0.1) is 6.92 Å². The SMILES string of the molecule is Cc1ccc2ccccc2c1CN1CC[C@](O)(c2cn[nH]n2)C1. The van der Waals surface area contributed by atoms with Gasteiger partial charge in [-0.2, -0.15) is 15.4 Å². The van der Waals surface area contributed by atoms with Crippen LogP contribution in [-0.4, -0.2) is 38.5 Å². The highest BCUT2D eigenvalue weighted by Crippen LogP contribution is 2.32. The smallest absolute Gasteiger partial charge is 0.124 e. The highest BCUT2D eigenvalue weighted by molar-refractivity contribution is 5.86. The molecular weight excluding hydrogens is 288 g/mol. The largest absolute Gasteiger partial charge is 0.382 e. The fourth-order valence-corrected chi connectivity index (χ4v) is 3.52. The lowest BCUT2D eigenvalue weighted by atomic mass is 9.99. The van der Waals surface area contributed by atoms with Crippen LogP contribution in [0.4, 0.5) is 0 Å². The van der Waals surface area contributed by atoms with E-state index >= 15 is 0 Å². The first-order valence-electron chi connectivity index (χ1n) is 7.94. The second-order valence-electron chi connectivity index (χ2n) is 6.43. The molecule has 2 heterocycles. The highest BCUT2D eigenvalue weighted by atomic mass is 16.3. The standard InChI is InChI=1S/C18H20N4O/c1-13-6-7-14-4-2-3-5-15(14)16(13)11-22-9-8-18(23,12-22)17-10-19-21-20-17/h2-7,10,23H,8-9,11-12H2,1H3,(H,19,20,21)/t18-/m1/s1. The van der Waals surface area contributed by atoms with Crippen molar-refractivity contribution in [2.75, 3.05) is 13.1 Å².